The van der Waals surface area contributed by atoms with Crippen molar-refractivity contribution in [2.45, 2.75) is 26.4 Å². The third-order valence-corrected chi connectivity index (χ3v) is 3.32. The molecule has 0 spiro atoms. The van der Waals surface area contributed by atoms with Crippen LogP contribution in [0.5, 0.6) is 5.75 Å². The van der Waals surface area contributed by atoms with Gasteiger partial charge in [-0.05, 0) is 54.9 Å². The summed E-state index contributed by atoms with van der Waals surface area (Å²) in [6.07, 6.45) is 0. The molecule has 1 aromatic rings. The molecular formula is C14H20BrNO3. The van der Waals surface area contributed by atoms with Crippen molar-refractivity contribution in [1.29, 1.82) is 0 Å². The molecule has 5 heteroatoms. The van der Waals surface area contributed by atoms with Crippen LogP contribution in [0, 0.1) is 0 Å². The van der Waals surface area contributed by atoms with E-state index in [4.69, 9.17) is 9.47 Å². The van der Waals surface area contributed by atoms with E-state index in [1.165, 1.54) is 0 Å². The van der Waals surface area contributed by atoms with E-state index in [2.05, 4.69) is 21.2 Å². The van der Waals surface area contributed by atoms with Crippen molar-refractivity contribution in [2.24, 2.45) is 0 Å². The Kier molecular flexibility index (Phi) is 5.82. The number of rotatable bonds is 6. The second-order valence-corrected chi connectivity index (χ2v) is 5.58. The molecule has 0 atom stereocenters. The van der Waals surface area contributed by atoms with Crippen molar-refractivity contribution < 1.29 is 14.3 Å². The number of amides is 1. The largest absolute Gasteiger partial charge is 0.497 e. The number of carbonyl (C=O) groups excluding carboxylic acids is 1. The molecule has 106 valence electrons. The van der Waals surface area contributed by atoms with Crippen LogP contribution in [0.3, 0.4) is 0 Å². The van der Waals surface area contributed by atoms with Crippen LogP contribution in [-0.4, -0.2) is 31.8 Å². The molecule has 0 bridgehead atoms. The normalized spacial score (nSPS) is 11.2. The van der Waals surface area contributed by atoms with Gasteiger partial charge in [0.15, 0.2) is 0 Å². The van der Waals surface area contributed by atoms with E-state index in [-0.39, 0.29) is 11.5 Å². The zero-order valence-corrected chi connectivity index (χ0v) is 13.3. The number of carbonyl (C=O) groups is 1. The fourth-order valence-corrected chi connectivity index (χ4v) is 2.06. The highest BCUT2D eigenvalue weighted by atomic mass is 79.9. The van der Waals surface area contributed by atoms with Gasteiger partial charge in [-0.15, -0.1) is 0 Å². The second-order valence-electron chi connectivity index (χ2n) is 4.72. The van der Waals surface area contributed by atoms with E-state index < -0.39 is 0 Å². The maximum atomic E-state index is 12.1. The fourth-order valence-electron chi connectivity index (χ4n) is 1.64. The summed E-state index contributed by atoms with van der Waals surface area (Å²) < 4.78 is 11.4. The van der Waals surface area contributed by atoms with Gasteiger partial charge < -0.3 is 14.8 Å². The molecule has 0 aromatic heterocycles. The molecule has 1 N–H and O–H groups in total. The maximum absolute atomic E-state index is 12.1. The lowest BCUT2D eigenvalue weighted by molar-refractivity contribution is -0.00816. The number of ether oxygens (including phenoxy) is 2. The van der Waals surface area contributed by atoms with E-state index in [9.17, 15) is 4.79 Å². The first kappa shape index (κ1) is 16.0. The Morgan fingerprint density at radius 2 is 2.11 bits per heavy atom. The summed E-state index contributed by atoms with van der Waals surface area (Å²) in [5.74, 6) is 0.496. The monoisotopic (exact) mass is 329 g/mol. The first-order valence-electron chi connectivity index (χ1n) is 6.15. The average Bonchev–Trinajstić information content (AvgIpc) is 2.36. The summed E-state index contributed by atoms with van der Waals surface area (Å²) >= 11 is 3.36. The van der Waals surface area contributed by atoms with Crippen molar-refractivity contribution >= 4 is 21.8 Å². The van der Waals surface area contributed by atoms with Crippen molar-refractivity contribution in [3.63, 3.8) is 0 Å². The highest BCUT2D eigenvalue weighted by molar-refractivity contribution is 9.10. The van der Waals surface area contributed by atoms with Crippen LogP contribution in [0.2, 0.25) is 0 Å². The third-order valence-electron chi connectivity index (χ3n) is 2.63. The van der Waals surface area contributed by atoms with Gasteiger partial charge in [0.25, 0.3) is 5.91 Å². The van der Waals surface area contributed by atoms with Crippen LogP contribution in [-0.2, 0) is 4.74 Å². The van der Waals surface area contributed by atoms with Gasteiger partial charge in [0.2, 0.25) is 0 Å². The number of methoxy groups -OCH3 is 1. The number of hydrogen-bond acceptors (Lipinski definition) is 3. The molecule has 0 saturated carbocycles. The molecule has 1 aromatic carbocycles. The smallest absolute Gasteiger partial charge is 0.252 e. The standard InChI is InChI=1S/C14H20BrNO3/c1-5-19-14(2,3)9-16-13(17)11-8-10(18-4)6-7-12(11)15/h6-8H,5,9H2,1-4H3,(H,16,17). The maximum Gasteiger partial charge on any atom is 0.252 e. The Labute approximate surface area is 122 Å². The molecule has 0 unspecified atom stereocenters. The predicted octanol–water partition coefficient (Wildman–Crippen LogP) is 3.00. The highest BCUT2D eigenvalue weighted by Gasteiger charge is 2.20. The highest BCUT2D eigenvalue weighted by Crippen LogP contribution is 2.22. The van der Waals surface area contributed by atoms with E-state index >= 15 is 0 Å². The molecule has 1 amide bonds. The number of benzene rings is 1. The number of hydrogen-bond donors (Lipinski definition) is 1. The lowest BCUT2D eigenvalue weighted by Crippen LogP contribution is -2.40. The van der Waals surface area contributed by atoms with Crippen LogP contribution >= 0.6 is 15.9 Å². The summed E-state index contributed by atoms with van der Waals surface area (Å²) in [6, 6.07) is 5.29. The molecule has 19 heavy (non-hydrogen) atoms. The molecule has 0 aliphatic rings. The summed E-state index contributed by atoms with van der Waals surface area (Å²) in [6.45, 7) is 6.88. The van der Waals surface area contributed by atoms with Gasteiger partial charge in [-0.1, -0.05) is 0 Å². The summed E-state index contributed by atoms with van der Waals surface area (Å²) in [7, 11) is 1.57. The summed E-state index contributed by atoms with van der Waals surface area (Å²) in [5, 5.41) is 2.87. The van der Waals surface area contributed by atoms with Gasteiger partial charge in [-0.3, -0.25) is 4.79 Å². The van der Waals surface area contributed by atoms with Crippen molar-refractivity contribution in [3.8, 4) is 5.75 Å². The number of nitrogens with one attached hydrogen (secondary N) is 1. The molecule has 4 nitrogen and oxygen atoms in total. The average molecular weight is 330 g/mol. The van der Waals surface area contributed by atoms with Gasteiger partial charge in [-0.2, -0.15) is 0 Å². The minimum atomic E-state index is -0.379. The molecule has 0 radical (unpaired) electrons. The number of halogens is 1. The topological polar surface area (TPSA) is 47.6 Å². The van der Waals surface area contributed by atoms with Crippen molar-refractivity contribution in [2.75, 3.05) is 20.3 Å². The lowest BCUT2D eigenvalue weighted by atomic mass is 10.1. The third kappa shape index (κ3) is 4.84. The Morgan fingerprint density at radius 1 is 1.42 bits per heavy atom. The van der Waals surface area contributed by atoms with Crippen molar-refractivity contribution in [1.82, 2.24) is 5.32 Å². The minimum Gasteiger partial charge on any atom is -0.497 e. The predicted molar refractivity (Wildman–Crippen MR) is 78.7 cm³/mol. The van der Waals surface area contributed by atoms with Crippen LogP contribution in [0.1, 0.15) is 31.1 Å². The zero-order chi connectivity index (χ0) is 14.5. The molecule has 0 heterocycles. The zero-order valence-electron chi connectivity index (χ0n) is 11.7. The SMILES string of the molecule is CCOC(C)(C)CNC(=O)c1cc(OC)ccc1Br. The molecule has 1 rings (SSSR count). The Balaban J connectivity index is 2.73. The Bertz CT molecular complexity index is 446. The van der Waals surface area contributed by atoms with E-state index in [0.29, 0.717) is 24.5 Å². The van der Waals surface area contributed by atoms with Crippen LogP contribution in [0.25, 0.3) is 0 Å². The van der Waals surface area contributed by atoms with Crippen molar-refractivity contribution in [3.05, 3.63) is 28.2 Å². The van der Waals surface area contributed by atoms with Gasteiger partial charge >= 0.3 is 0 Å². The molecular weight excluding hydrogens is 310 g/mol. The fraction of sp³-hybridized carbons (Fsp3) is 0.500. The molecule has 0 saturated heterocycles. The molecule has 0 aliphatic heterocycles. The first-order valence-corrected chi connectivity index (χ1v) is 6.94. The lowest BCUT2D eigenvalue weighted by Gasteiger charge is -2.25. The van der Waals surface area contributed by atoms with E-state index in [0.717, 1.165) is 4.47 Å². The van der Waals surface area contributed by atoms with E-state index in [1.807, 2.05) is 20.8 Å². The van der Waals surface area contributed by atoms with Gasteiger partial charge in [-0.25, -0.2) is 0 Å². The Hall–Kier alpha value is -1.07. The summed E-state index contributed by atoms with van der Waals surface area (Å²) in [4.78, 5) is 12.1. The first-order chi connectivity index (χ1) is 8.89. The van der Waals surface area contributed by atoms with Gasteiger partial charge in [0.1, 0.15) is 5.75 Å². The molecule has 0 aliphatic carbocycles. The van der Waals surface area contributed by atoms with Gasteiger partial charge in [0, 0.05) is 17.6 Å². The van der Waals surface area contributed by atoms with Crippen LogP contribution in [0.4, 0.5) is 0 Å². The van der Waals surface area contributed by atoms with Crippen LogP contribution < -0.4 is 10.1 Å². The second kappa shape index (κ2) is 6.91. The van der Waals surface area contributed by atoms with E-state index in [1.54, 1.807) is 25.3 Å². The minimum absolute atomic E-state index is 0.154. The quantitative estimate of drug-likeness (QED) is 0.872. The van der Waals surface area contributed by atoms with Crippen LogP contribution in [0.15, 0.2) is 22.7 Å². The van der Waals surface area contributed by atoms with Gasteiger partial charge in [0.05, 0.1) is 18.3 Å². The molecule has 0 fully saturated rings. The summed E-state index contributed by atoms with van der Waals surface area (Å²) in [5.41, 5.74) is 0.169. The Morgan fingerprint density at radius 3 is 2.68 bits per heavy atom.